The third-order valence-electron chi connectivity index (χ3n) is 15.0. The lowest BCUT2D eigenvalue weighted by atomic mass is 9.82. The summed E-state index contributed by atoms with van der Waals surface area (Å²) in [6.45, 7) is 21.8. The first-order valence-electron chi connectivity index (χ1n) is 28.7. The maximum Gasteiger partial charge on any atom is 0.305 e. The summed E-state index contributed by atoms with van der Waals surface area (Å²) in [4.78, 5) is 17.7. The zero-order chi connectivity index (χ0) is 45.9. The molecule has 0 saturated carbocycles. The summed E-state index contributed by atoms with van der Waals surface area (Å²) in [5.74, 6) is 4.58. The minimum absolute atomic E-state index is 0.0358. The van der Waals surface area contributed by atoms with Crippen LogP contribution in [0.2, 0.25) is 0 Å². The van der Waals surface area contributed by atoms with Gasteiger partial charge in [-0.15, -0.1) is 0 Å². The van der Waals surface area contributed by atoms with E-state index in [2.05, 4.69) is 64.5 Å². The number of hydrogen-bond donors (Lipinski definition) is 0. The number of carbonyl (C=O) groups excluding carboxylic acids is 1. The lowest BCUT2D eigenvalue weighted by Gasteiger charge is -2.32. The number of ether oxygens (including phenoxy) is 2. The van der Waals surface area contributed by atoms with Gasteiger partial charge in [0, 0.05) is 39.0 Å². The molecular weight excluding hydrogens is 773 g/mol. The van der Waals surface area contributed by atoms with E-state index in [4.69, 9.17) is 9.47 Å². The number of esters is 1. The van der Waals surface area contributed by atoms with Crippen molar-refractivity contribution in [2.45, 2.75) is 279 Å². The Morgan fingerprint density at radius 2 is 0.889 bits per heavy atom. The summed E-state index contributed by atoms with van der Waals surface area (Å²) < 4.78 is 12.1. The van der Waals surface area contributed by atoms with Crippen molar-refractivity contribution in [2.75, 3.05) is 53.0 Å². The number of likely N-dealkylation sites (N-methyl/N-ethyl adjacent to an activating group) is 1. The van der Waals surface area contributed by atoms with Gasteiger partial charge in [-0.05, 0) is 82.4 Å². The molecule has 5 nitrogen and oxygen atoms in total. The highest BCUT2D eigenvalue weighted by molar-refractivity contribution is 5.69. The fraction of sp³-hybridized carbons (Fsp3) is 0.948. The van der Waals surface area contributed by atoms with Gasteiger partial charge in [-0.2, -0.15) is 0 Å². The predicted octanol–water partition coefficient (Wildman–Crippen LogP) is 17.7. The quantitative estimate of drug-likeness (QED) is 0.0346. The Labute approximate surface area is 396 Å². The van der Waals surface area contributed by atoms with E-state index in [1.54, 1.807) is 0 Å². The SMILES string of the molecule is CC=C(CCCCCCCCC(CCCCCCCCC(=O)OCCC(CCCCC)CCCCC)C(C)CCCCN1CCN(C)CC1)OCCC(CCCCC)CCCCC. The van der Waals surface area contributed by atoms with Gasteiger partial charge in [0.15, 0.2) is 0 Å². The summed E-state index contributed by atoms with van der Waals surface area (Å²) in [5, 5.41) is 0. The second kappa shape index (κ2) is 44.7. The molecule has 0 bridgehead atoms. The highest BCUT2D eigenvalue weighted by Gasteiger charge is 2.18. The molecule has 0 aliphatic carbocycles. The number of nitrogens with zero attached hydrogens (tertiary/aromatic N) is 2. The average molecular weight is 888 g/mol. The minimum Gasteiger partial charge on any atom is -0.498 e. The Kier molecular flexibility index (Phi) is 42.6. The van der Waals surface area contributed by atoms with Crippen molar-refractivity contribution in [3.05, 3.63) is 11.8 Å². The lowest BCUT2D eigenvalue weighted by Crippen LogP contribution is -2.44. The molecular formula is C58H114N2O3. The zero-order valence-corrected chi connectivity index (χ0v) is 44.1. The Hall–Kier alpha value is -1.07. The van der Waals surface area contributed by atoms with E-state index in [0.717, 1.165) is 49.5 Å². The Balaban J connectivity index is 2.35. The maximum absolute atomic E-state index is 12.5. The van der Waals surface area contributed by atoms with Gasteiger partial charge in [-0.25, -0.2) is 0 Å². The number of rotatable bonds is 47. The van der Waals surface area contributed by atoms with Crippen molar-refractivity contribution in [1.82, 2.24) is 9.80 Å². The summed E-state index contributed by atoms with van der Waals surface area (Å²) in [7, 11) is 2.26. The topological polar surface area (TPSA) is 42.0 Å². The first-order valence-corrected chi connectivity index (χ1v) is 28.7. The van der Waals surface area contributed by atoms with Gasteiger partial charge >= 0.3 is 5.97 Å². The van der Waals surface area contributed by atoms with Crippen LogP contribution in [0.5, 0.6) is 0 Å². The number of unbranched alkanes of at least 4 members (excludes halogenated alkanes) is 19. The third kappa shape index (κ3) is 36.7. The second-order valence-corrected chi connectivity index (χ2v) is 20.8. The van der Waals surface area contributed by atoms with Crippen LogP contribution in [0, 0.1) is 23.7 Å². The van der Waals surface area contributed by atoms with Crippen molar-refractivity contribution in [2.24, 2.45) is 23.7 Å². The Morgan fingerprint density at radius 1 is 0.476 bits per heavy atom. The van der Waals surface area contributed by atoms with Crippen LogP contribution in [0.1, 0.15) is 279 Å². The first kappa shape index (κ1) is 59.9. The number of carbonyl (C=O) groups is 1. The lowest BCUT2D eigenvalue weighted by molar-refractivity contribution is -0.144. The summed E-state index contributed by atoms with van der Waals surface area (Å²) in [6.07, 6.45) is 50.4. The molecule has 1 heterocycles. The minimum atomic E-state index is 0.0358. The summed E-state index contributed by atoms with van der Waals surface area (Å²) >= 11 is 0. The van der Waals surface area contributed by atoms with Gasteiger partial charge in [0.25, 0.3) is 0 Å². The fourth-order valence-electron chi connectivity index (χ4n) is 10.3. The average Bonchev–Trinajstić information content (AvgIpc) is 3.28. The molecule has 0 aromatic heterocycles. The predicted molar refractivity (Wildman–Crippen MR) is 278 cm³/mol. The van der Waals surface area contributed by atoms with E-state index < -0.39 is 0 Å². The van der Waals surface area contributed by atoms with Crippen LogP contribution in [-0.4, -0.2) is 68.8 Å². The van der Waals surface area contributed by atoms with Gasteiger partial charge in [-0.1, -0.05) is 227 Å². The molecule has 0 amide bonds. The van der Waals surface area contributed by atoms with E-state index in [1.165, 1.54) is 250 Å². The van der Waals surface area contributed by atoms with Crippen LogP contribution in [-0.2, 0) is 14.3 Å². The number of piperazine rings is 1. The molecule has 1 rings (SSSR count). The van der Waals surface area contributed by atoms with Gasteiger partial charge < -0.3 is 19.3 Å². The molecule has 1 aliphatic rings. The molecule has 2 unspecified atom stereocenters. The molecule has 0 aromatic carbocycles. The molecule has 1 saturated heterocycles. The van der Waals surface area contributed by atoms with Crippen LogP contribution in [0.3, 0.4) is 0 Å². The van der Waals surface area contributed by atoms with Crippen LogP contribution in [0.4, 0.5) is 0 Å². The van der Waals surface area contributed by atoms with E-state index in [1.807, 2.05) is 0 Å². The second-order valence-electron chi connectivity index (χ2n) is 20.8. The van der Waals surface area contributed by atoms with E-state index in [0.29, 0.717) is 13.0 Å². The Morgan fingerprint density at radius 3 is 1.37 bits per heavy atom. The van der Waals surface area contributed by atoms with Gasteiger partial charge in [0.1, 0.15) is 0 Å². The zero-order valence-electron chi connectivity index (χ0n) is 44.1. The normalized spacial score (nSPS) is 15.2. The standard InChI is InChI=1S/C58H114N2O3/c1-8-13-25-36-54(37-26-14-9-2)44-51-62-57(12-5)42-31-23-19-17-21-29-40-56(53(6)35-33-34-46-60-49-47-59(7)48-50-60)41-30-22-18-20-24-32-43-58(61)63-52-45-55(38-27-15-10-3)39-28-16-11-4/h12,53-56H,8-11,13-52H2,1-7H3. The Bertz CT molecular complexity index is 973. The van der Waals surface area contributed by atoms with Crippen molar-refractivity contribution < 1.29 is 14.3 Å². The van der Waals surface area contributed by atoms with Crippen molar-refractivity contribution in [1.29, 1.82) is 0 Å². The molecule has 1 fully saturated rings. The molecule has 0 radical (unpaired) electrons. The largest absolute Gasteiger partial charge is 0.498 e. The summed E-state index contributed by atoms with van der Waals surface area (Å²) in [5.41, 5.74) is 0. The van der Waals surface area contributed by atoms with Crippen molar-refractivity contribution in [3.63, 3.8) is 0 Å². The van der Waals surface area contributed by atoms with Crippen LogP contribution < -0.4 is 0 Å². The van der Waals surface area contributed by atoms with E-state index >= 15 is 0 Å². The molecule has 0 spiro atoms. The molecule has 374 valence electrons. The molecule has 63 heavy (non-hydrogen) atoms. The first-order chi connectivity index (χ1) is 30.9. The van der Waals surface area contributed by atoms with Crippen LogP contribution in [0.25, 0.3) is 0 Å². The van der Waals surface area contributed by atoms with E-state index in [-0.39, 0.29) is 5.97 Å². The fourth-order valence-corrected chi connectivity index (χ4v) is 10.3. The number of allylic oxidation sites excluding steroid dienone is 2. The molecule has 0 aromatic rings. The van der Waals surface area contributed by atoms with Gasteiger partial charge in [-0.3, -0.25) is 4.79 Å². The highest BCUT2D eigenvalue weighted by Crippen LogP contribution is 2.30. The van der Waals surface area contributed by atoms with Gasteiger partial charge in [0.05, 0.1) is 19.0 Å². The third-order valence-corrected chi connectivity index (χ3v) is 15.0. The van der Waals surface area contributed by atoms with Gasteiger partial charge in [0.2, 0.25) is 0 Å². The van der Waals surface area contributed by atoms with Crippen molar-refractivity contribution >= 4 is 5.97 Å². The molecule has 1 aliphatic heterocycles. The van der Waals surface area contributed by atoms with Crippen molar-refractivity contribution in [3.8, 4) is 0 Å². The van der Waals surface area contributed by atoms with Crippen LogP contribution in [0.15, 0.2) is 11.8 Å². The van der Waals surface area contributed by atoms with E-state index in [9.17, 15) is 4.79 Å². The maximum atomic E-state index is 12.5. The smallest absolute Gasteiger partial charge is 0.305 e. The number of hydrogen-bond acceptors (Lipinski definition) is 5. The molecule has 5 heteroatoms. The molecule has 0 N–H and O–H groups in total. The molecule has 2 atom stereocenters. The monoisotopic (exact) mass is 887 g/mol. The highest BCUT2D eigenvalue weighted by atomic mass is 16.5. The van der Waals surface area contributed by atoms with Crippen LogP contribution >= 0.6 is 0 Å². The summed E-state index contributed by atoms with van der Waals surface area (Å²) in [6, 6.07) is 0.